The number of carbonyl (C=O) groups excluding carboxylic acids is 1. The van der Waals surface area contributed by atoms with Crippen LogP contribution in [0.2, 0.25) is 0 Å². The van der Waals surface area contributed by atoms with E-state index < -0.39 is 0 Å². The molecule has 1 heterocycles. The number of nitrogens with zero attached hydrogens (tertiary/aromatic N) is 1. The largest absolute Gasteiger partial charge is 0.480 e. The fourth-order valence-electron chi connectivity index (χ4n) is 2.50. The summed E-state index contributed by atoms with van der Waals surface area (Å²) in [5.41, 5.74) is 0.512. The second-order valence-electron chi connectivity index (χ2n) is 4.90. The number of nitrogens with one attached hydrogen (secondary N) is 1. The highest BCUT2D eigenvalue weighted by molar-refractivity contribution is 5.96. The van der Waals surface area contributed by atoms with Crippen molar-refractivity contribution in [3.63, 3.8) is 0 Å². The molecule has 18 heavy (non-hydrogen) atoms. The van der Waals surface area contributed by atoms with Gasteiger partial charge < -0.3 is 10.1 Å². The van der Waals surface area contributed by atoms with Gasteiger partial charge in [0.1, 0.15) is 5.56 Å². The second-order valence-corrected chi connectivity index (χ2v) is 4.90. The van der Waals surface area contributed by atoms with Crippen LogP contribution in [0.1, 0.15) is 43.0 Å². The molecule has 1 aliphatic rings. The number of rotatable bonds is 3. The van der Waals surface area contributed by atoms with E-state index >= 15 is 0 Å². The van der Waals surface area contributed by atoms with Crippen LogP contribution < -0.4 is 10.1 Å². The molecule has 1 aromatic rings. The molecule has 1 amide bonds. The summed E-state index contributed by atoms with van der Waals surface area (Å²) < 4.78 is 5.11. The summed E-state index contributed by atoms with van der Waals surface area (Å²) in [4.78, 5) is 16.3. The minimum atomic E-state index is -0.0845. The van der Waals surface area contributed by atoms with Crippen molar-refractivity contribution in [2.75, 3.05) is 7.11 Å². The van der Waals surface area contributed by atoms with E-state index in [-0.39, 0.29) is 11.9 Å². The van der Waals surface area contributed by atoms with Crippen LogP contribution in [-0.4, -0.2) is 24.0 Å². The van der Waals surface area contributed by atoms with Gasteiger partial charge in [0.15, 0.2) is 0 Å². The highest BCUT2D eigenvalue weighted by Gasteiger charge is 2.24. The van der Waals surface area contributed by atoms with Crippen LogP contribution in [0.3, 0.4) is 0 Å². The smallest absolute Gasteiger partial charge is 0.256 e. The predicted octanol–water partition coefficient (Wildman–Crippen LogP) is 2.40. The molecule has 2 atom stereocenters. The summed E-state index contributed by atoms with van der Waals surface area (Å²) in [6.07, 6.45) is 6.34. The monoisotopic (exact) mass is 248 g/mol. The van der Waals surface area contributed by atoms with Crippen molar-refractivity contribution in [1.82, 2.24) is 10.3 Å². The van der Waals surface area contributed by atoms with Crippen molar-refractivity contribution in [3.05, 3.63) is 23.9 Å². The van der Waals surface area contributed by atoms with Gasteiger partial charge in [0.2, 0.25) is 5.88 Å². The van der Waals surface area contributed by atoms with Crippen LogP contribution >= 0.6 is 0 Å². The van der Waals surface area contributed by atoms with Gasteiger partial charge in [0, 0.05) is 12.2 Å². The lowest BCUT2D eigenvalue weighted by molar-refractivity contribution is 0.0906. The second kappa shape index (κ2) is 5.85. The van der Waals surface area contributed by atoms with Crippen molar-refractivity contribution in [1.29, 1.82) is 0 Å². The van der Waals surface area contributed by atoms with Gasteiger partial charge in [0.05, 0.1) is 7.11 Å². The van der Waals surface area contributed by atoms with Crippen LogP contribution in [-0.2, 0) is 0 Å². The number of ether oxygens (including phenoxy) is 1. The van der Waals surface area contributed by atoms with Crippen molar-refractivity contribution in [2.45, 2.75) is 38.6 Å². The number of hydrogen-bond donors (Lipinski definition) is 1. The average molecular weight is 248 g/mol. The average Bonchev–Trinajstić information content (AvgIpc) is 2.41. The molecule has 4 nitrogen and oxygen atoms in total. The molecule has 1 aromatic heterocycles. The van der Waals surface area contributed by atoms with Gasteiger partial charge in [-0.15, -0.1) is 0 Å². The first-order valence-electron chi connectivity index (χ1n) is 6.52. The van der Waals surface area contributed by atoms with Gasteiger partial charge in [-0.2, -0.15) is 0 Å². The van der Waals surface area contributed by atoms with E-state index in [1.807, 2.05) is 0 Å². The Kier molecular flexibility index (Phi) is 4.18. The molecule has 1 fully saturated rings. The Bertz CT molecular complexity index is 420. The molecule has 0 bridgehead atoms. The molecular weight excluding hydrogens is 228 g/mol. The zero-order valence-electron chi connectivity index (χ0n) is 11.0. The summed E-state index contributed by atoms with van der Waals surface area (Å²) in [6.45, 7) is 2.20. The van der Waals surface area contributed by atoms with E-state index in [0.717, 1.165) is 6.42 Å². The van der Waals surface area contributed by atoms with E-state index in [1.165, 1.54) is 26.4 Å². The number of amides is 1. The third kappa shape index (κ3) is 2.81. The SMILES string of the molecule is COc1ncccc1C(=O)NC1CCCCC1C. The fourth-order valence-corrected chi connectivity index (χ4v) is 2.50. The minimum absolute atomic E-state index is 0.0845. The van der Waals surface area contributed by atoms with Gasteiger partial charge in [-0.3, -0.25) is 4.79 Å². The Morgan fingerprint density at radius 3 is 2.94 bits per heavy atom. The summed E-state index contributed by atoms with van der Waals surface area (Å²) in [5.74, 6) is 0.850. The van der Waals surface area contributed by atoms with E-state index in [1.54, 1.807) is 18.3 Å². The highest BCUT2D eigenvalue weighted by Crippen LogP contribution is 2.24. The van der Waals surface area contributed by atoms with E-state index in [4.69, 9.17) is 4.74 Å². The van der Waals surface area contributed by atoms with Crippen molar-refractivity contribution in [2.24, 2.45) is 5.92 Å². The summed E-state index contributed by atoms with van der Waals surface area (Å²) in [7, 11) is 1.53. The maximum atomic E-state index is 12.2. The summed E-state index contributed by atoms with van der Waals surface area (Å²) in [5, 5.41) is 3.10. The molecule has 1 saturated carbocycles. The molecule has 2 rings (SSSR count). The number of carbonyl (C=O) groups is 1. The number of methoxy groups -OCH3 is 1. The number of pyridine rings is 1. The van der Waals surface area contributed by atoms with Crippen LogP contribution in [0.5, 0.6) is 5.88 Å². The topological polar surface area (TPSA) is 51.2 Å². The minimum Gasteiger partial charge on any atom is -0.480 e. The Morgan fingerprint density at radius 1 is 1.44 bits per heavy atom. The van der Waals surface area contributed by atoms with Gasteiger partial charge in [0.25, 0.3) is 5.91 Å². The van der Waals surface area contributed by atoms with Crippen LogP contribution in [0.4, 0.5) is 0 Å². The van der Waals surface area contributed by atoms with Crippen molar-refractivity contribution < 1.29 is 9.53 Å². The third-order valence-corrected chi connectivity index (χ3v) is 3.64. The quantitative estimate of drug-likeness (QED) is 0.893. The lowest BCUT2D eigenvalue weighted by Gasteiger charge is -2.29. The van der Waals surface area contributed by atoms with Gasteiger partial charge in [-0.25, -0.2) is 4.98 Å². The van der Waals surface area contributed by atoms with E-state index in [9.17, 15) is 4.79 Å². The molecule has 0 saturated heterocycles. The Balaban J connectivity index is 2.07. The maximum absolute atomic E-state index is 12.2. The van der Waals surface area contributed by atoms with Crippen LogP contribution in [0.15, 0.2) is 18.3 Å². The number of aromatic nitrogens is 1. The molecule has 4 heteroatoms. The van der Waals surface area contributed by atoms with Crippen molar-refractivity contribution >= 4 is 5.91 Å². The van der Waals surface area contributed by atoms with E-state index in [2.05, 4.69) is 17.2 Å². The Hall–Kier alpha value is -1.58. The van der Waals surface area contributed by atoms with E-state index in [0.29, 0.717) is 17.4 Å². The number of hydrogen-bond acceptors (Lipinski definition) is 3. The molecule has 1 N–H and O–H groups in total. The maximum Gasteiger partial charge on any atom is 0.256 e. The lowest BCUT2D eigenvalue weighted by Crippen LogP contribution is -2.41. The predicted molar refractivity (Wildman–Crippen MR) is 69.7 cm³/mol. The van der Waals surface area contributed by atoms with Crippen molar-refractivity contribution in [3.8, 4) is 5.88 Å². The molecule has 0 spiro atoms. The summed E-state index contributed by atoms with van der Waals surface area (Å²) in [6, 6.07) is 3.77. The van der Waals surface area contributed by atoms with Crippen LogP contribution in [0, 0.1) is 5.92 Å². The third-order valence-electron chi connectivity index (χ3n) is 3.64. The van der Waals surface area contributed by atoms with Crippen LogP contribution in [0.25, 0.3) is 0 Å². The molecule has 0 radical (unpaired) electrons. The summed E-state index contributed by atoms with van der Waals surface area (Å²) >= 11 is 0. The molecule has 0 aliphatic heterocycles. The first-order valence-corrected chi connectivity index (χ1v) is 6.52. The highest BCUT2D eigenvalue weighted by atomic mass is 16.5. The lowest BCUT2D eigenvalue weighted by atomic mass is 9.86. The Morgan fingerprint density at radius 2 is 2.22 bits per heavy atom. The zero-order valence-corrected chi connectivity index (χ0v) is 11.0. The Labute approximate surface area is 108 Å². The molecule has 0 aromatic carbocycles. The first-order chi connectivity index (χ1) is 8.72. The fraction of sp³-hybridized carbons (Fsp3) is 0.571. The molecular formula is C14H20N2O2. The van der Waals surface area contributed by atoms with Gasteiger partial charge >= 0.3 is 0 Å². The van der Waals surface area contributed by atoms with Gasteiger partial charge in [-0.05, 0) is 30.9 Å². The normalized spacial score (nSPS) is 23.4. The standard InChI is InChI=1S/C14H20N2O2/c1-10-6-3-4-8-12(10)16-13(17)11-7-5-9-15-14(11)18-2/h5,7,9-10,12H,3-4,6,8H2,1-2H3,(H,16,17). The molecule has 98 valence electrons. The molecule has 1 aliphatic carbocycles. The van der Waals surface area contributed by atoms with Gasteiger partial charge in [-0.1, -0.05) is 19.8 Å². The first kappa shape index (κ1) is 12.9. The molecule has 2 unspecified atom stereocenters. The zero-order chi connectivity index (χ0) is 13.0.